The van der Waals surface area contributed by atoms with Crippen LogP contribution in [0.4, 0.5) is 5.69 Å². The van der Waals surface area contributed by atoms with Crippen LogP contribution in [-0.2, 0) is 9.31 Å². The maximum absolute atomic E-state index is 6.30. The molecule has 1 aromatic rings. The molecule has 1 heterocycles. The van der Waals surface area contributed by atoms with Crippen molar-refractivity contribution >= 4 is 29.9 Å². The minimum Gasteiger partial charge on any atom is -0.399 e. The third-order valence-electron chi connectivity index (χ3n) is 4.22. The SMILES string of the molecule is CC1(C)OB(c2ccc(Cl)c([N+](C)(C)C)c2)OC1(C)C. The van der Waals surface area contributed by atoms with Gasteiger partial charge in [0.1, 0.15) is 5.02 Å². The summed E-state index contributed by atoms with van der Waals surface area (Å²) < 4.78 is 12.8. The number of halogens is 1. The summed E-state index contributed by atoms with van der Waals surface area (Å²) in [6.07, 6.45) is 0. The Labute approximate surface area is 127 Å². The zero-order valence-corrected chi connectivity index (χ0v) is 14.2. The van der Waals surface area contributed by atoms with Gasteiger partial charge in [-0.3, -0.25) is 4.48 Å². The van der Waals surface area contributed by atoms with Crippen LogP contribution in [0.2, 0.25) is 5.02 Å². The Morgan fingerprint density at radius 1 is 1.00 bits per heavy atom. The van der Waals surface area contributed by atoms with Gasteiger partial charge < -0.3 is 9.31 Å². The third-order valence-corrected chi connectivity index (χ3v) is 4.54. The normalized spacial score (nSPS) is 21.3. The van der Waals surface area contributed by atoms with Gasteiger partial charge in [0.25, 0.3) is 0 Å². The Morgan fingerprint density at radius 2 is 1.50 bits per heavy atom. The molecule has 0 bridgehead atoms. The van der Waals surface area contributed by atoms with Crippen LogP contribution in [0, 0.1) is 0 Å². The first-order chi connectivity index (χ1) is 8.94. The van der Waals surface area contributed by atoms with Gasteiger partial charge in [-0.15, -0.1) is 0 Å². The van der Waals surface area contributed by atoms with E-state index in [1.54, 1.807) is 0 Å². The largest absolute Gasteiger partial charge is 0.495 e. The van der Waals surface area contributed by atoms with E-state index in [1.807, 2.05) is 12.1 Å². The minimum absolute atomic E-state index is 0.325. The molecule has 1 fully saturated rings. The lowest BCUT2D eigenvalue weighted by Gasteiger charge is -2.32. The van der Waals surface area contributed by atoms with Crippen LogP contribution in [0.25, 0.3) is 0 Å². The molecule has 0 N–H and O–H groups in total. The van der Waals surface area contributed by atoms with Gasteiger partial charge in [0.2, 0.25) is 0 Å². The number of nitrogens with zero attached hydrogens (tertiary/aromatic N) is 1. The van der Waals surface area contributed by atoms with E-state index < -0.39 is 0 Å². The predicted molar refractivity (Wildman–Crippen MR) is 86.7 cm³/mol. The number of quaternary nitrogens is 1. The Bertz CT molecular complexity index is 507. The van der Waals surface area contributed by atoms with E-state index in [1.165, 1.54) is 0 Å². The van der Waals surface area contributed by atoms with Crippen molar-refractivity contribution in [2.45, 2.75) is 38.9 Å². The summed E-state index contributed by atoms with van der Waals surface area (Å²) in [4.78, 5) is 0. The fourth-order valence-electron chi connectivity index (χ4n) is 2.17. The van der Waals surface area contributed by atoms with Crippen molar-refractivity contribution < 1.29 is 9.31 Å². The molecule has 20 heavy (non-hydrogen) atoms. The molecule has 0 atom stereocenters. The molecule has 3 nitrogen and oxygen atoms in total. The molecule has 0 spiro atoms. The monoisotopic (exact) mass is 296 g/mol. The molecule has 1 aliphatic rings. The fourth-order valence-corrected chi connectivity index (χ4v) is 2.54. The van der Waals surface area contributed by atoms with Crippen molar-refractivity contribution in [3.63, 3.8) is 0 Å². The van der Waals surface area contributed by atoms with E-state index in [0.717, 1.165) is 16.2 Å². The smallest absolute Gasteiger partial charge is 0.399 e. The highest BCUT2D eigenvalue weighted by molar-refractivity contribution is 6.62. The first-order valence-electron chi connectivity index (χ1n) is 6.91. The fraction of sp³-hybridized carbons (Fsp3) is 0.600. The number of hydrogen-bond acceptors (Lipinski definition) is 2. The Morgan fingerprint density at radius 3 is 1.95 bits per heavy atom. The van der Waals surface area contributed by atoms with Crippen molar-refractivity contribution in [3.8, 4) is 0 Å². The molecular weight excluding hydrogens is 272 g/mol. The van der Waals surface area contributed by atoms with Crippen LogP contribution in [0.15, 0.2) is 18.2 Å². The first-order valence-corrected chi connectivity index (χ1v) is 7.29. The van der Waals surface area contributed by atoms with Crippen LogP contribution in [-0.4, -0.2) is 39.5 Å². The van der Waals surface area contributed by atoms with Gasteiger partial charge in [-0.1, -0.05) is 17.7 Å². The summed E-state index contributed by atoms with van der Waals surface area (Å²) in [6.45, 7) is 8.24. The summed E-state index contributed by atoms with van der Waals surface area (Å²) in [5.74, 6) is 0. The highest BCUT2D eigenvalue weighted by atomic mass is 35.5. The highest BCUT2D eigenvalue weighted by Crippen LogP contribution is 2.37. The van der Waals surface area contributed by atoms with Gasteiger partial charge in [0.05, 0.1) is 32.3 Å². The van der Waals surface area contributed by atoms with Crippen LogP contribution < -0.4 is 9.95 Å². The maximum Gasteiger partial charge on any atom is 0.495 e. The molecule has 110 valence electrons. The highest BCUT2D eigenvalue weighted by Gasteiger charge is 2.51. The van der Waals surface area contributed by atoms with Gasteiger partial charge >= 0.3 is 7.12 Å². The molecule has 5 heteroatoms. The zero-order chi connectivity index (χ0) is 15.3. The standard InChI is InChI=1S/C15H24BClNO2/c1-14(2)15(3,4)20-16(19-14)11-8-9-12(17)13(10-11)18(5,6)7/h8-10H,1-7H3/q+1. The molecular formula is C15H24BClNO2+. The summed E-state index contributed by atoms with van der Waals surface area (Å²) in [7, 11) is 5.93. The Balaban J connectivity index is 2.37. The molecule has 1 aliphatic heterocycles. The van der Waals surface area contributed by atoms with E-state index in [2.05, 4.69) is 54.9 Å². The van der Waals surface area contributed by atoms with Gasteiger partial charge in [-0.2, -0.15) is 0 Å². The van der Waals surface area contributed by atoms with Crippen LogP contribution in [0.1, 0.15) is 27.7 Å². The van der Waals surface area contributed by atoms with Crippen molar-refractivity contribution in [1.82, 2.24) is 4.48 Å². The second kappa shape index (κ2) is 4.74. The molecule has 0 saturated carbocycles. The molecule has 2 rings (SSSR count). The van der Waals surface area contributed by atoms with Crippen molar-refractivity contribution in [2.24, 2.45) is 0 Å². The van der Waals surface area contributed by atoms with E-state index in [4.69, 9.17) is 20.9 Å². The second-order valence-corrected chi connectivity index (χ2v) is 7.72. The predicted octanol–water partition coefficient (Wildman–Crippen LogP) is 2.84. The lowest BCUT2D eigenvalue weighted by molar-refractivity contribution is 0.00578. The molecule has 1 aromatic carbocycles. The number of rotatable bonds is 2. The average Bonchev–Trinajstić information content (AvgIpc) is 2.47. The van der Waals surface area contributed by atoms with Gasteiger partial charge in [-0.25, -0.2) is 0 Å². The van der Waals surface area contributed by atoms with Gasteiger partial charge in [0.15, 0.2) is 5.69 Å². The second-order valence-electron chi connectivity index (χ2n) is 7.31. The molecule has 0 radical (unpaired) electrons. The summed E-state index contributed by atoms with van der Waals surface area (Å²) in [6, 6.07) is 5.97. The number of hydrogen-bond donors (Lipinski definition) is 0. The van der Waals surface area contributed by atoms with Crippen LogP contribution in [0.3, 0.4) is 0 Å². The van der Waals surface area contributed by atoms with Crippen molar-refractivity contribution in [2.75, 3.05) is 21.1 Å². The third kappa shape index (κ3) is 2.75. The zero-order valence-electron chi connectivity index (χ0n) is 13.5. The molecule has 1 saturated heterocycles. The average molecular weight is 297 g/mol. The summed E-state index contributed by atoms with van der Waals surface area (Å²) in [5, 5.41) is 0.762. The van der Waals surface area contributed by atoms with E-state index in [9.17, 15) is 0 Å². The van der Waals surface area contributed by atoms with E-state index in [0.29, 0.717) is 4.48 Å². The quantitative estimate of drug-likeness (QED) is 0.617. The van der Waals surface area contributed by atoms with Crippen molar-refractivity contribution in [3.05, 3.63) is 23.2 Å². The minimum atomic E-state index is -0.345. The van der Waals surface area contributed by atoms with E-state index >= 15 is 0 Å². The molecule has 0 aliphatic carbocycles. The van der Waals surface area contributed by atoms with Crippen LogP contribution in [0.5, 0.6) is 0 Å². The molecule has 0 unspecified atom stereocenters. The van der Waals surface area contributed by atoms with Crippen LogP contribution >= 0.6 is 11.6 Å². The van der Waals surface area contributed by atoms with Crippen molar-refractivity contribution in [1.29, 1.82) is 0 Å². The lowest BCUT2D eigenvalue weighted by Crippen LogP contribution is -2.41. The van der Waals surface area contributed by atoms with Gasteiger partial charge in [-0.05, 0) is 39.2 Å². The molecule has 0 aromatic heterocycles. The van der Waals surface area contributed by atoms with Gasteiger partial charge in [0, 0.05) is 6.07 Å². The Kier molecular flexibility index (Phi) is 3.75. The summed E-state index contributed by atoms with van der Waals surface area (Å²) in [5.41, 5.74) is 1.41. The van der Waals surface area contributed by atoms with E-state index in [-0.39, 0.29) is 18.3 Å². The molecule has 0 amide bonds. The lowest BCUT2D eigenvalue weighted by atomic mass is 9.79. The Hall–Kier alpha value is -0.545. The summed E-state index contributed by atoms with van der Waals surface area (Å²) >= 11 is 6.30. The first kappa shape index (κ1) is 15.8. The topological polar surface area (TPSA) is 18.5 Å². The number of benzene rings is 1. The maximum atomic E-state index is 6.30.